The molecule has 0 atom stereocenters. The summed E-state index contributed by atoms with van der Waals surface area (Å²) in [7, 11) is 0. The van der Waals surface area contributed by atoms with Gasteiger partial charge in [-0.1, -0.05) is 0 Å². The van der Waals surface area contributed by atoms with Crippen molar-refractivity contribution in [3.63, 3.8) is 0 Å². The molecule has 1 heterocycles. The molecular weight excluding hydrogens is 184 g/mol. The Morgan fingerprint density at radius 2 is 2.31 bits per heavy atom. The third-order valence-electron chi connectivity index (χ3n) is 1.88. The quantitative estimate of drug-likeness (QED) is 0.493. The van der Waals surface area contributed by atoms with Crippen LogP contribution in [-0.4, -0.2) is 5.11 Å². The zero-order chi connectivity index (χ0) is 9.42. The summed E-state index contributed by atoms with van der Waals surface area (Å²) in [6.07, 6.45) is 0. The number of hydrogen-bond acceptors (Lipinski definition) is 4. The number of nitrogens with two attached hydrogens (primary N) is 1. The first kappa shape index (κ1) is 7.90. The Balaban J connectivity index is 2.97. The zero-order valence-corrected chi connectivity index (χ0v) is 7.43. The van der Waals surface area contributed by atoms with Crippen LogP contribution in [0.2, 0.25) is 0 Å². The van der Waals surface area contributed by atoms with Gasteiger partial charge in [0.1, 0.15) is 5.75 Å². The molecule has 0 saturated carbocycles. The lowest BCUT2D eigenvalue weighted by atomic mass is 10.1. The molecule has 3 N–H and O–H groups in total. The van der Waals surface area contributed by atoms with Gasteiger partial charge in [0.2, 0.25) is 0 Å². The Morgan fingerprint density at radius 3 is 3.00 bits per heavy atom. The molecule has 0 aliphatic heterocycles. The van der Waals surface area contributed by atoms with Crippen LogP contribution in [0.3, 0.4) is 0 Å². The second-order valence-corrected chi connectivity index (χ2v) is 3.55. The number of benzene rings is 1. The van der Waals surface area contributed by atoms with Crippen molar-refractivity contribution in [1.29, 1.82) is 5.26 Å². The highest BCUT2D eigenvalue weighted by Gasteiger charge is 2.09. The molecule has 0 spiro atoms. The van der Waals surface area contributed by atoms with Crippen molar-refractivity contribution in [3.05, 3.63) is 23.1 Å². The predicted molar refractivity (Wildman–Crippen MR) is 52.6 cm³/mol. The van der Waals surface area contributed by atoms with Crippen molar-refractivity contribution < 1.29 is 5.11 Å². The van der Waals surface area contributed by atoms with Gasteiger partial charge in [0.25, 0.3) is 0 Å². The molecule has 0 unspecified atom stereocenters. The predicted octanol–water partition coefficient (Wildman–Crippen LogP) is 2.06. The van der Waals surface area contributed by atoms with E-state index in [1.54, 1.807) is 0 Å². The maximum absolute atomic E-state index is 9.38. The Hall–Kier alpha value is -1.73. The van der Waals surface area contributed by atoms with Crippen molar-refractivity contribution in [2.24, 2.45) is 0 Å². The van der Waals surface area contributed by atoms with E-state index in [2.05, 4.69) is 0 Å². The van der Waals surface area contributed by atoms with Crippen LogP contribution < -0.4 is 5.73 Å². The average Bonchev–Trinajstić information content (AvgIpc) is 2.60. The Kier molecular flexibility index (Phi) is 1.61. The number of rotatable bonds is 0. The van der Waals surface area contributed by atoms with Crippen molar-refractivity contribution in [3.8, 4) is 11.8 Å². The first-order valence-electron chi connectivity index (χ1n) is 3.63. The normalized spacial score (nSPS) is 10.1. The molecule has 0 aliphatic rings. The molecule has 0 radical (unpaired) electrons. The number of fused-ring (bicyclic) bond motifs is 1. The topological polar surface area (TPSA) is 70.0 Å². The standard InChI is InChI=1S/C9H6N2OS/c10-4-5-3-7(12)8(11)9-6(5)1-2-13-9/h1-3,12H,11H2. The Labute approximate surface area is 78.6 Å². The summed E-state index contributed by atoms with van der Waals surface area (Å²) in [4.78, 5) is 0. The summed E-state index contributed by atoms with van der Waals surface area (Å²) in [5.74, 6) is -0.0218. The molecular formula is C9H6N2OS. The average molecular weight is 190 g/mol. The van der Waals surface area contributed by atoms with Crippen LogP contribution in [0, 0.1) is 11.3 Å². The first-order chi connectivity index (χ1) is 6.24. The van der Waals surface area contributed by atoms with Gasteiger partial charge in [-0.2, -0.15) is 5.26 Å². The van der Waals surface area contributed by atoms with E-state index < -0.39 is 0 Å². The minimum Gasteiger partial charge on any atom is -0.506 e. The Morgan fingerprint density at radius 1 is 1.54 bits per heavy atom. The maximum Gasteiger partial charge on any atom is 0.141 e. The third-order valence-corrected chi connectivity index (χ3v) is 2.83. The van der Waals surface area contributed by atoms with Gasteiger partial charge < -0.3 is 10.8 Å². The van der Waals surface area contributed by atoms with Gasteiger partial charge in [-0.05, 0) is 11.4 Å². The zero-order valence-electron chi connectivity index (χ0n) is 6.61. The molecule has 0 bridgehead atoms. The summed E-state index contributed by atoms with van der Waals surface area (Å²) >= 11 is 1.42. The van der Waals surface area contributed by atoms with Crippen molar-refractivity contribution in [2.75, 3.05) is 5.73 Å². The summed E-state index contributed by atoms with van der Waals surface area (Å²) in [5.41, 5.74) is 6.45. The number of thiophene rings is 1. The lowest BCUT2D eigenvalue weighted by Crippen LogP contribution is -1.87. The van der Waals surface area contributed by atoms with Gasteiger partial charge in [0.05, 0.1) is 22.0 Å². The van der Waals surface area contributed by atoms with Crippen LogP contribution in [0.15, 0.2) is 17.5 Å². The van der Waals surface area contributed by atoms with Gasteiger partial charge in [-0.3, -0.25) is 0 Å². The summed E-state index contributed by atoms with van der Waals surface area (Å²) in [5, 5.41) is 20.8. The van der Waals surface area contributed by atoms with Crippen LogP contribution in [0.5, 0.6) is 5.75 Å². The second kappa shape index (κ2) is 2.64. The van der Waals surface area contributed by atoms with E-state index in [1.165, 1.54) is 17.4 Å². The van der Waals surface area contributed by atoms with Crippen molar-refractivity contribution >= 4 is 27.1 Å². The molecule has 64 valence electrons. The van der Waals surface area contributed by atoms with Crippen LogP contribution in [-0.2, 0) is 0 Å². The van der Waals surface area contributed by atoms with Crippen LogP contribution in [0.4, 0.5) is 5.69 Å². The van der Waals surface area contributed by atoms with Gasteiger partial charge in [-0.25, -0.2) is 0 Å². The van der Waals surface area contributed by atoms with E-state index in [0.717, 1.165) is 10.1 Å². The molecule has 1 aromatic carbocycles. The van der Waals surface area contributed by atoms with Crippen LogP contribution in [0.25, 0.3) is 10.1 Å². The monoisotopic (exact) mass is 190 g/mol. The Bertz CT molecular complexity index is 510. The lowest BCUT2D eigenvalue weighted by Gasteiger charge is -2.00. The molecule has 13 heavy (non-hydrogen) atoms. The van der Waals surface area contributed by atoms with Crippen LogP contribution in [0.1, 0.15) is 5.56 Å². The number of anilines is 1. The van der Waals surface area contributed by atoms with Crippen molar-refractivity contribution in [1.82, 2.24) is 0 Å². The molecule has 0 aliphatic carbocycles. The highest BCUT2D eigenvalue weighted by atomic mass is 32.1. The molecule has 2 rings (SSSR count). The maximum atomic E-state index is 9.38. The van der Waals surface area contributed by atoms with E-state index in [0.29, 0.717) is 11.3 Å². The lowest BCUT2D eigenvalue weighted by molar-refractivity contribution is 0.478. The van der Waals surface area contributed by atoms with Gasteiger partial charge in [0.15, 0.2) is 0 Å². The largest absolute Gasteiger partial charge is 0.506 e. The number of phenolic OH excluding ortho intramolecular Hbond substituents is 1. The van der Waals surface area contributed by atoms with E-state index in [4.69, 9.17) is 11.0 Å². The fraction of sp³-hybridized carbons (Fsp3) is 0. The minimum atomic E-state index is -0.0218. The molecule has 1 aromatic heterocycles. The van der Waals surface area contributed by atoms with Gasteiger partial charge >= 0.3 is 0 Å². The molecule has 2 aromatic rings. The number of nitriles is 1. The SMILES string of the molecule is N#Cc1cc(O)c(N)c2sccc12. The highest BCUT2D eigenvalue weighted by Crippen LogP contribution is 2.35. The fourth-order valence-electron chi connectivity index (χ4n) is 1.23. The van der Waals surface area contributed by atoms with E-state index in [-0.39, 0.29) is 5.75 Å². The number of nitrogens with zero attached hydrogens (tertiary/aromatic N) is 1. The molecule has 0 amide bonds. The smallest absolute Gasteiger partial charge is 0.141 e. The summed E-state index contributed by atoms with van der Waals surface area (Å²) in [6.45, 7) is 0. The first-order valence-corrected chi connectivity index (χ1v) is 4.50. The third kappa shape index (κ3) is 1.02. The summed E-state index contributed by atoms with van der Waals surface area (Å²) < 4.78 is 0.775. The molecule has 3 nitrogen and oxygen atoms in total. The summed E-state index contributed by atoms with van der Waals surface area (Å²) in [6, 6.07) is 5.24. The molecule has 0 fully saturated rings. The number of aromatic hydroxyl groups is 1. The van der Waals surface area contributed by atoms with Gasteiger partial charge in [-0.15, -0.1) is 11.3 Å². The van der Waals surface area contributed by atoms with Gasteiger partial charge in [0, 0.05) is 11.5 Å². The number of phenols is 1. The number of hydrogen-bond donors (Lipinski definition) is 2. The number of nitrogen functional groups attached to an aromatic ring is 1. The van der Waals surface area contributed by atoms with Crippen LogP contribution >= 0.6 is 11.3 Å². The van der Waals surface area contributed by atoms with E-state index >= 15 is 0 Å². The molecule has 4 heteroatoms. The van der Waals surface area contributed by atoms with E-state index in [9.17, 15) is 5.11 Å². The minimum absolute atomic E-state index is 0.0218. The fourth-order valence-corrected chi connectivity index (χ4v) is 2.11. The second-order valence-electron chi connectivity index (χ2n) is 2.63. The highest BCUT2D eigenvalue weighted by molar-refractivity contribution is 7.17. The molecule has 0 saturated heterocycles. The van der Waals surface area contributed by atoms with E-state index in [1.807, 2.05) is 17.5 Å². The van der Waals surface area contributed by atoms with Crippen molar-refractivity contribution in [2.45, 2.75) is 0 Å².